The highest BCUT2D eigenvalue weighted by Crippen LogP contribution is 2.62. The van der Waals surface area contributed by atoms with Gasteiger partial charge in [-0.3, -0.25) is 0 Å². The van der Waals surface area contributed by atoms with Crippen LogP contribution in [0.5, 0.6) is 0 Å². The molecule has 2 aliphatic carbocycles. The van der Waals surface area contributed by atoms with Crippen molar-refractivity contribution in [2.45, 2.75) is 5.41 Å². The van der Waals surface area contributed by atoms with Crippen molar-refractivity contribution < 1.29 is 0 Å². The van der Waals surface area contributed by atoms with E-state index in [1.54, 1.807) is 0 Å². The van der Waals surface area contributed by atoms with Crippen LogP contribution >= 0.6 is 11.6 Å². The smallest absolute Gasteiger partial charge is 0.208 e. The predicted molar refractivity (Wildman–Crippen MR) is 170 cm³/mol. The molecular weight excluding hydrogens is 534 g/mol. The number of halogens is 1. The molecule has 196 valence electrons. The standard InChI is InChI=1S/C38H22ClN3/c39-37-41-35(40-36(42-37)29-16-9-11-23-10-1-2-12-25(23)29)24-20-21-34-30(22-24)28-15-5-8-19-33(28)38(34)31-17-6-3-13-26(31)27-14-4-7-18-32(27)38/h1-22H. The van der Waals surface area contributed by atoms with Gasteiger partial charge >= 0.3 is 0 Å². The van der Waals surface area contributed by atoms with Crippen molar-refractivity contribution in [3.05, 3.63) is 161 Å². The Kier molecular flexibility index (Phi) is 4.88. The maximum absolute atomic E-state index is 6.55. The molecule has 7 aromatic rings. The van der Waals surface area contributed by atoms with Crippen LogP contribution in [0.2, 0.25) is 5.28 Å². The zero-order valence-electron chi connectivity index (χ0n) is 22.4. The number of aromatic nitrogens is 3. The van der Waals surface area contributed by atoms with E-state index in [9.17, 15) is 0 Å². The highest BCUT2D eigenvalue weighted by molar-refractivity contribution is 6.28. The molecule has 0 N–H and O–H groups in total. The summed E-state index contributed by atoms with van der Waals surface area (Å²) >= 11 is 6.55. The highest BCUT2D eigenvalue weighted by atomic mass is 35.5. The largest absolute Gasteiger partial charge is 0.226 e. The van der Waals surface area contributed by atoms with Crippen LogP contribution < -0.4 is 0 Å². The van der Waals surface area contributed by atoms with Gasteiger partial charge < -0.3 is 0 Å². The normalized spacial score (nSPS) is 13.5. The first kappa shape index (κ1) is 23.6. The molecule has 0 saturated heterocycles. The van der Waals surface area contributed by atoms with Crippen LogP contribution in [0.1, 0.15) is 22.3 Å². The minimum atomic E-state index is -0.373. The molecule has 3 nitrogen and oxygen atoms in total. The van der Waals surface area contributed by atoms with Crippen molar-refractivity contribution in [2.75, 3.05) is 0 Å². The van der Waals surface area contributed by atoms with E-state index >= 15 is 0 Å². The summed E-state index contributed by atoms with van der Waals surface area (Å²) in [6, 6.07) is 47.5. The van der Waals surface area contributed by atoms with E-state index in [1.165, 1.54) is 44.5 Å². The highest BCUT2D eigenvalue weighted by Gasteiger charge is 2.51. The van der Waals surface area contributed by atoms with Gasteiger partial charge in [-0.25, -0.2) is 4.98 Å². The average molecular weight is 556 g/mol. The number of fused-ring (bicyclic) bond motifs is 11. The number of hydrogen-bond acceptors (Lipinski definition) is 3. The van der Waals surface area contributed by atoms with Gasteiger partial charge in [-0.05, 0) is 72.9 Å². The predicted octanol–water partition coefficient (Wildman–Crippen LogP) is 9.36. The van der Waals surface area contributed by atoms with Gasteiger partial charge in [-0.2, -0.15) is 9.97 Å². The monoisotopic (exact) mass is 555 g/mol. The van der Waals surface area contributed by atoms with Gasteiger partial charge in [0, 0.05) is 11.1 Å². The third-order valence-corrected chi connectivity index (χ3v) is 9.06. The molecule has 0 radical (unpaired) electrons. The van der Waals surface area contributed by atoms with Crippen LogP contribution in [0.15, 0.2) is 133 Å². The van der Waals surface area contributed by atoms with Crippen molar-refractivity contribution in [3.63, 3.8) is 0 Å². The van der Waals surface area contributed by atoms with E-state index in [2.05, 4.69) is 119 Å². The lowest BCUT2D eigenvalue weighted by Crippen LogP contribution is -2.25. The average Bonchev–Trinajstić information content (AvgIpc) is 3.51. The fourth-order valence-electron chi connectivity index (χ4n) is 7.26. The van der Waals surface area contributed by atoms with Crippen molar-refractivity contribution in [1.82, 2.24) is 15.0 Å². The third-order valence-electron chi connectivity index (χ3n) is 8.89. The Morgan fingerprint density at radius 1 is 0.429 bits per heavy atom. The number of benzene rings is 6. The summed E-state index contributed by atoms with van der Waals surface area (Å²) < 4.78 is 0. The fraction of sp³-hybridized carbons (Fsp3) is 0.0263. The van der Waals surface area contributed by atoms with Crippen LogP contribution in [0.25, 0.3) is 55.8 Å². The first-order valence-electron chi connectivity index (χ1n) is 14.1. The SMILES string of the molecule is Clc1nc(-c2ccc3c(c2)-c2ccccc2C32c3ccccc3-c3ccccc32)nc(-c2cccc3ccccc23)n1. The molecule has 1 spiro atoms. The van der Waals surface area contributed by atoms with Gasteiger partial charge in [-0.1, -0.05) is 127 Å². The Balaban J connectivity index is 1.28. The summed E-state index contributed by atoms with van der Waals surface area (Å²) in [5, 5.41) is 2.39. The maximum atomic E-state index is 6.55. The number of rotatable bonds is 2. The van der Waals surface area contributed by atoms with Gasteiger partial charge in [0.05, 0.1) is 5.41 Å². The second kappa shape index (κ2) is 8.69. The van der Waals surface area contributed by atoms with Crippen LogP contribution in [-0.2, 0) is 5.41 Å². The molecule has 2 aliphatic rings. The van der Waals surface area contributed by atoms with E-state index in [4.69, 9.17) is 16.6 Å². The molecule has 0 aliphatic heterocycles. The Bertz CT molecular complexity index is 2180. The number of hydrogen-bond donors (Lipinski definition) is 0. The molecule has 1 heterocycles. The van der Waals surface area contributed by atoms with Gasteiger partial charge in [0.2, 0.25) is 5.28 Å². The van der Waals surface area contributed by atoms with E-state index in [-0.39, 0.29) is 10.7 Å². The molecular formula is C38H22ClN3. The Morgan fingerprint density at radius 2 is 0.952 bits per heavy atom. The van der Waals surface area contributed by atoms with Crippen molar-refractivity contribution in [1.29, 1.82) is 0 Å². The molecule has 0 unspecified atom stereocenters. The Labute approximate surface area is 248 Å². The van der Waals surface area contributed by atoms with Crippen molar-refractivity contribution in [2.24, 2.45) is 0 Å². The quantitative estimate of drug-likeness (QED) is 0.213. The summed E-state index contributed by atoms with van der Waals surface area (Å²) in [5.74, 6) is 1.13. The Morgan fingerprint density at radius 3 is 1.67 bits per heavy atom. The van der Waals surface area contributed by atoms with E-state index in [1.807, 2.05) is 24.3 Å². The van der Waals surface area contributed by atoms with Gasteiger partial charge in [0.15, 0.2) is 11.6 Å². The summed E-state index contributed by atoms with van der Waals surface area (Å²) in [7, 11) is 0. The lowest BCUT2D eigenvalue weighted by Gasteiger charge is -2.30. The molecule has 0 fully saturated rings. The molecule has 0 amide bonds. The van der Waals surface area contributed by atoms with E-state index in [0.29, 0.717) is 11.6 Å². The van der Waals surface area contributed by atoms with Crippen molar-refractivity contribution in [3.8, 4) is 45.0 Å². The van der Waals surface area contributed by atoms with Crippen molar-refractivity contribution >= 4 is 22.4 Å². The molecule has 1 aromatic heterocycles. The Hall–Kier alpha value is -5.12. The maximum Gasteiger partial charge on any atom is 0.226 e. The molecule has 6 aromatic carbocycles. The van der Waals surface area contributed by atoms with Crippen LogP contribution in [0.4, 0.5) is 0 Å². The summed E-state index contributed by atoms with van der Waals surface area (Å²) in [6.07, 6.45) is 0. The van der Waals surface area contributed by atoms with Gasteiger partial charge in [0.25, 0.3) is 0 Å². The van der Waals surface area contributed by atoms with Gasteiger partial charge in [0.1, 0.15) is 0 Å². The van der Waals surface area contributed by atoms with E-state index < -0.39 is 0 Å². The molecule has 0 bridgehead atoms. The van der Waals surface area contributed by atoms with E-state index in [0.717, 1.165) is 21.9 Å². The summed E-state index contributed by atoms with van der Waals surface area (Å²) in [6.45, 7) is 0. The molecule has 42 heavy (non-hydrogen) atoms. The first-order chi connectivity index (χ1) is 20.7. The van der Waals surface area contributed by atoms with Crippen LogP contribution in [0, 0.1) is 0 Å². The zero-order valence-corrected chi connectivity index (χ0v) is 23.2. The number of nitrogens with zero attached hydrogens (tertiary/aromatic N) is 3. The zero-order chi connectivity index (χ0) is 27.8. The topological polar surface area (TPSA) is 38.7 Å². The molecule has 0 atom stereocenters. The third kappa shape index (κ3) is 3.09. The van der Waals surface area contributed by atoms with Gasteiger partial charge in [-0.15, -0.1) is 0 Å². The minimum Gasteiger partial charge on any atom is -0.208 e. The first-order valence-corrected chi connectivity index (χ1v) is 14.5. The van der Waals surface area contributed by atoms with Crippen LogP contribution in [0.3, 0.4) is 0 Å². The second-order valence-corrected chi connectivity index (χ2v) is 11.3. The lowest BCUT2D eigenvalue weighted by atomic mass is 9.70. The molecule has 4 heteroatoms. The molecule has 0 saturated carbocycles. The van der Waals surface area contributed by atoms with Crippen LogP contribution in [-0.4, -0.2) is 15.0 Å². The second-order valence-electron chi connectivity index (χ2n) is 10.9. The summed E-state index contributed by atoms with van der Waals surface area (Å²) in [4.78, 5) is 14.1. The lowest BCUT2D eigenvalue weighted by molar-refractivity contribution is 0.794. The molecule has 9 rings (SSSR count). The fourth-order valence-corrected chi connectivity index (χ4v) is 7.42. The summed E-state index contributed by atoms with van der Waals surface area (Å²) in [5.41, 5.74) is 11.7. The minimum absolute atomic E-state index is 0.180.